The van der Waals surface area contributed by atoms with Crippen molar-refractivity contribution in [1.82, 2.24) is 0 Å². The standard InChI is InChI=1S/C12H14O4/c1-2-11-12(15-4-3-14-11)5-9(1)6-13-7-10-8-16-10/h1-2,5,10H,3-4,6-8H2. The fraction of sp³-hybridized carbons (Fsp3) is 0.500. The second-order valence-electron chi connectivity index (χ2n) is 3.95. The van der Waals surface area contributed by atoms with Gasteiger partial charge in [-0.3, -0.25) is 0 Å². The Labute approximate surface area is 94.1 Å². The lowest BCUT2D eigenvalue weighted by molar-refractivity contribution is 0.103. The van der Waals surface area contributed by atoms with Crippen molar-refractivity contribution in [2.45, 2.75) is 12.7 Å². The van der Waals surface area contributed by atoms with Gasteiger partial charge in [-0.05, 0) is 17.7 Å². The molecule has 0 saturated carbocycles. The molecule has 0 aliphatic carbocycles. The first kappa shape index (κ1) is 9.93. The van der Waals surface area contributed by atoms with Crippen LogP contribution >= 0.6 is 0 Å². The van der Waals surface area contributed by atoms with E-state index >= 15 is 0 Å². The van der Waals surface area contributed by atoms with E-state index in [1.807, 2.05) is 18.2 Å². The number of ether oxygens (including phenoxy) is 4. The van der Waals surface area contributed by atoms with Crippen LogP contribution in [0.25, 0.3) is 0 Å². The van der Waals surface area contributed by atoms with Gasteiger partial charge in [-0.2, -0.15) is 0 Å². The zero-order valence-corrected chi connectivity index (χ0v) is 8.98. The van der Waals surface area contributed by atoms with E-state index in [1.54, 1.807) is 0 Å². The summed E-state index contributed by atoms with van der Waals surface area (Å²) in [6.07, 6.45) is 0.317. The third-order valence-corrected chi connectivity index (χ3v) is 2.58. The summed E-state index contributed by atoms with van der Waals surface area (Å²) in [6.45, 7) is 3.35. The molecule has 4 heteroatoms. The van der Waals surface area contributed by atoms with Crippen LogP contribution in [0.2, 0.25) is 0 Å². The summed E-state index contributed by atoms with van der Waals surface area (Å²) in [6, 6.07) is 5.91. The lowest BCUT2D eigenvalue weighted by atomic mass is 10.2. The Morgan fingerprint density at radius 3 is 2.81 bits per heavy atom. The monoisotopic (exact) mass is 222 g/mol. The van der Waals surface area contributed by atoms with Gasteiger partial charge in [-0.15, -0.1) is 0 Å². The number of hydrogen-bond acceptors (Lipinski definition) is 4. The molecule has 2 aliphatic heterocycles. The summed E-state index contributed by atoms with van der Waals surface area (Å²) in [7, 11) is 0. The molecule has 1 saturated heterocycles. The largest absolute Gasteiger partial charge is 0.486 e. The van der Waals surface area contributed by atoms with E-state index in [1.165, 1.54) is 0 Å². The van der Waals surface area contributed by atoms with Crippen LogP contribution in [-0.2, 0) is 16.1 Å². The molecule has 0 amide bonds. The average molecular weight is 222 g/mol. The van der Waals surface area contributed by atoms with Crippen LogP contribution in [0.1, 0.15) is 5.56 Å². The van der Waals surface area contributed by atoms with Crippen molar-refractivity contribution in [3.63, 3.8) is 0 Å². The van der Waals surface area contributed by atoms with Crippen molar-refractivity contribution in [3.8, 4) is 11.5 Å². The second-order valence-corrected chi connectivity index (χ2v) is 3.95. The maximum absolute atomic E-state index is 5.51. The molecule has 0 bridgehead atoms. The van der Waals surface area contributed by atoms with Crippen LogP contribution in [0.15, 0.2) is 18.2 Å². The van der Waals surface area contributed by atoms with Crippen LogP contribution < -0.4 is 9.47 Å². The molecule has 2 aliphatic rings. The lowest BCUT2D eigenvalue weighted by Crippen LogP contribution is -2.15. The molecule has 1 unspecified atom stereocenters. The topological polar surface area (TPSA) is 40.2 Å². The van der Waals surface area contributed by atoms with Gasteiger partial charge in [0.1, 0.15) is 19.3 Å². The first-order valence-corrected chi connectivity index (χ1v) is 5.50. The second kappa shape index (κ2) is 4.31. The highest BCUT2D eigenvalue weighted by molar-refractivity contribution is 5.43. The van der Waals surface area contributed by atoms with Crippen molar-refractivity contribution >= 4 is 0 Å². The van der Waals surface area contributed by atoms with E-state index in [9.17, 15) is 0 Å². The minimum Gasteiger partial charge on any atom is -0.486 e. The zero-order chi connectivity index (χ0) is 10.8. The Morgan fingerprint density at radius 1 is 1.19 bits per heavy atom. The smallest absolute Gasteiger partial charge is 0.161 e. The predicted octanol–water partition coefficient (Wildman–Crippen LogP) is 1.37. The maximum Gasteiger partial charge on any atom is 0.161 e. The summed E-state index contributed by atoms with van der Waals surface area (Å²) in [5, 5.41) is 0. The first-order chi connectivity index (χ1) is 7.92. The molecule has 16 heavy (non-hydrogen) atoms. The van der Waals surface area contributed by atoms with Gasteiger partial charge < -0.3 is 18.9 Å². The molecule has 0 N–H and O–H groups in total. The van der Waals surface area contributed by atoms with Crippen LogP contribution in [0.4, 0.5) is 0 Å². The Bertz CT molecular complexity index is 373. The summed E-state index contributed by atoms with van der Waals surface area (Å²) in [5.74, 6) is 1.63. The Kier molecular flexibility index (Phi) is 2.68. The highest BCUT2D eigenvalue weighted by Crippen LogP contribution is 2.30. The van der Waals surface area contributed by atoms with Crippen LogP contribution in [0.3, 0.4) is 0 Å². The van der Waals surface area contributed by atoms with Gasteiger partial charge in [0.15, 0.2) is 11.5 Å². The van der Waals surface area contributed by atoms with Crippen molar-refractivity contribution in [2.75, 3.05) is 26.4 Å². The van der Waals surface area contributed by atoms with Crippen molar-refractivity contribution in [1.29, 1.82) is 0 Å². The van der Waals surface area contributed by atoms with E-state index in [0.717, 1.165) is 23.7 Å². The maximum atomic E-state index is 5.51. The summed E-state index contributed by atoms with van der Waals surface area (Å²) in [5.41, 5.74) is 1.10. The van der Waals surface area contributed by atoms with E-state index in [2.05, 4.69) is 0 Å². The van der Waals surface area contributed by atoms with Gasteiger partial charge >= 0.3 is 0 Å². The third kappa shape index (κ3) is 2.28. The molecule has 2 heterocycles. The molecule has 0 radical (unpaired) electrons. The Hall–Kier alpha value is -1.26. The zero-order valence-electron chi connectivity index (χ0n) is 8.98. The number of epoxide rings is 1. The molecule has 4 nitrogen and oxygen atoms in total. The molecule has 3 rings (SSSR count). The molecule has 1 atom stereocenters. The van der Waals surface area contributed by atoms with E-state index in [0.29, 0.717) is 32.5 Å². The van der Waals surface area contributed by atoms with Crippen LogP contribution in [0, 0.1) is 0 Å². The van der Waals surface area contributed by atoms with Crippen molar-refractivity contribution < 1.29 is 18.9 Å². The number of hydrogen-bond donors (Lipinski definition) is 0. The first-order valence-electron chi connectivity index (χ1n) is 5.50. The Morgan fingerprint density at radius 2 is 2.00 bits per heavy atom. The van der Waals surface area contributed by atoms with Gasteiger partial charge in [0.2, 0.25) is 0 Å². The summed E-state index contributed by atoms with van der Waals surface area (Å²) >= 11 is 0. The molecule has 0 aromatic heterocycles. The van der Waals surface area contributed by atoms with Crippen LogP contribution in [-0.4, -0.2) is 32.5 Å². The highest BCUT2D eigenvalue weighted by Gasteiger charge is 2.22. The van der Waals surface area contributed by atoms with Crippen molar-refractivity contribution in [3.05, 3.63) is 23.8 Å². The molecule has 0 spiro atoms. The van der Waals surface area contributed by atoms with Gasteiger partial charge in [0.25, 0.3) is 0 Å². The average Bonchev–Trinajstić information content (AvgIpc) is 3.13. The molecule has 86 valence electrons. The fourth-order valence-corrected chi connectivity index (χ4v) is 1.65. The number of rotatable bonds is 4. The van der Waals surface area contributed by atoms with E-state index in [-0.39, 0.29) is 0 Å². The van der Waals surface area contributed by atoms with E-state index < -0.39 is 0 Å². The van der Waals surface area contributed by atoms with Crippen molar-refractivity contribution in [2.24, 2.45) is 0 Å². The molecule has 1 aromatic rings. The predicted molar refractivity (Wildman–Crippen MR) is 56.8 cm³/mol. The highest BCUT2D eigenvalue weighted by atomic mass is 16.6. The lowest BCUT2D eigenvalue weighted by Gasteiger charge is -2.18. The van der Waals surface area contributed by atoms with Crippen LogP contribution in [0.5, 0.6) is 11.5 Å². The summed E-state index contributed by atoms with van der Waals surface area (Å²) in [4.78, 5) is 0. The quantitative estimate of drug-likeness (QED) is 0.721. The van der Waals surface area contributed by atoms with Gasteiger partial charge in [0, 0.05) is 0 Å². The molecular formula is C12H14O4. The number of fused-ring (bicyclic) bond motifs is 1. The molecular weight excluding hydrogens is 208 g/mol. The third-order valence-electron chi connectivity index (χ3n) is 2.58. The van der Waals surface area contributed by atoms with E-state index in [4.69, 9.17) is 18.9 Å². The van der Waals surface area contributed by atoms with Gasteiger partial charge in [-0.1, -0.05) is 6.07 Å². The fourth-order valence-electron chi connectivity index (χ4n) is 1.65. The number of benzene rings is 1. The SMILES string of the molecule is c1cc2c(cc1COCC1CO1)OCCO2. The molecule has 1 aromatic carbocycles. The summed E-state index contributed by atoms with van der Waals surface area (Å²) < 4.78 is 21.5. The van der Waals surface area contributed by atoms with Gasteiger partial charge in [-0.25, -0.2) is 0 Å². The minimum atomic E-state index is 0.317. The minimum absolute atomic E-state index is 0.317. The Balaban J connectivity index is 1.60. The molecule has 1 fully saturated rings. The van der Waals surface area contributed by atoms with Gasteiger partial charge in [0.05, 0.1) is 19.8 Å². The normalized spacial score (nSPS) is 21.9.